The lowest BCUT2D eigenvalue weighted by Gasteiger charge is -2.17. The zero-order valence-corrected chi connectivity index (χ0v) is 20.5. The molecule has 7 nitrogen and oxygen atoms in total. The molecule has 1 aliphatic rings. The van der Waals surface area contributed by atoms with E-state index in [1.165, 1.54) is 14.2 Å². The van der Waals surface area contributed by atoms with Crippen LogP contribution >= 0.6 is 0 Å². The monoisotopic (exact) mass is 475 g/mol. The van der Waals surface area contributed by atoms with E-state index in [2.05, 4.69) is 0 Å². The zero-order valence-electron chi connectivity index (χ0n) is 20.5. The average molecular weight is 476 g/mol. The Labute approximate surface area is 204 Å². The second-order valence-electron chi connectivity index (χ2n) is 8.35. The van der Waals surface area contributed by atoms with Crippen LogP contribution in [0.2, 0.25) is 0 Å². The summed E-state index contributed by atoms with van der Waals surface area (Å²) in [5.74, 6) is 2.03. The van der Waals surface area contributed by atoms with Crippen molar-refractivity contribution in [3.05, 3.63) is 76.8 Å². The summed E-state index contributed by atoms with van der Waals surface area (Å²) in [6.07, 6.45) is 3.85. The Morgan fingerprint density at radius 3 is 2.34 bits per heavy atom. The summed E-state index contributed by atoms with van der Waals surface area (Å²) < 4.78 is 21.5. The molecule has 0 bridgehead atoms. The summed E-state index contributed by atoms with van der Waals surface area (Å²) >= 11 is 0. The molecule has 7 heteroatoms. The van der Waals surface area contributed by atoms with Crippen molar-refractivity contribution in [1.29, 1.82) is 0 Å². The van der Waals surface area contributed by atoms with Gasteiger partial charge < -0.3 is 28.6 Å². The van der Waals surface area contributed by atoms with Crippen molar-refractivity contribution in [3.8, 4) is 23.0 Å². The fourth-order valence-corrected chi connectivity index (χ4v) is 4.29. The van der Waals surface area contributed by atoms with Crippen molar-refractivity contribution in [2.45, 2.75) is 19.9 Å². The summed E-state index contributed by atoms with van der Waals surface area (Å²) in [5.41, 5.74) is 5.69. The number of aromatic hydroxyl groups is 1. The first-order valence-electron chi connectivity index (χ1n) is 11.2. The number of phenolic OH excluding ortho intramolecular Hbond substituents is 1. The molecule has 0 unspecified atom stereocenters. The molecule has 0 fully saturated rings. The Morgan fingerprint density at radius 2 is 1.74 bits per heavy atom. The quantitative estimate of drug-likeness (QED) is 0.471. The van der Waals surface area contributed by atoms with Crippen LogP contribution in [0.3, 0.4) is 0 Å². The van der Waals surface area contributed by atoms with Crippen molar-refractivity contribution in [2.24, 2.45) is 0 Å². The number of amides is 1. The fourth-order valence-electron chi connectivity index (χ4n) is 4.29. The number of rotatable bonds is 8. The second kappa shape index (κ2) is 10.0. The maximum absolute atomic E-state index is 13.1. The molecule has 0 spiro atoms. The largest absolute Gasteiger partial charge is 0.502 e. The summed E-state index contributed by atoms with van der Waals surface area (Å²) in [5, 5.41) is 10.3. The van der Waals surface area contributed by atoms with Crippen molar-refractivity contribution in [3.63, 3.8) is 0 Å². The number of nitrogens with zero attached hydrogens (tertiary/aromatic N) is 1. The van der Waals surface area contributed by atoms with Crippen LogP contribution in [0.1, 0.15) is 35.8 Å². The van der Waals surface area contributed by atoms with E-state index in [4.69, 9.17) is 18.6 Å². The molecule has 0 atom stereocenters. The number of allylic oxidation sites excluding steroid dienone is 2. The maximum atomic E-state index is 13.1. The fraction of sp³-hybridized carbons (Fsp3) is 0.250. The second-order valence-corrected chi connectivity index (χ2v) is 8.35. The zero-order chi connectivity index (χ0) is 25.1. The molecule has 0 aliphatic heterocycles. The lowest BCUT2D eigenvalue weighted by atomic mass is 10.00. The van der Waals surface area contributed by atoms with E-state index in [9.17, 15) is 9.90 Å². The standard InChI is InChI=1S/C28H29NO6/c1-17-22(11-18-12-25(33-4)28(31)26(13-18)34-5)21-9-8-19(32-3)14-24(21)23(17)15-27(30)29(2)16-20-7-6-10-35-20/h6-14,31H,15-16H2,1-5H3/b22-11-. The molecule has 0 saturated heterocycles. The number of hydrogen-bond acceptors (Lipinski definition) is 6. The van der Waals surface area contributed by atoms with E-state index in [0.717, 1.165) is 44.9 Å². The van der Waals surface area contributed by atoms with Gasteiger partial charge in [-0.15, -0.1) is 0 Å². The Morgan fingerprint density at radius 1 is 1.03 bits per heavy atom. The molecule has 1 aromatic heterocycles. The molecule has 4 rings (SSSR count). The van der Waals surface area contributed by atoms with Crippen LogP contribution in [0, 0.1) is 0 Å². The molecule has 1 N–H and O–H groups in total. The smallest absolute Gasteiger partial charge is 0.227 e. The van der Waals surface area contributed by atoms with E-state index in [0.29, 0.717) is 18.0 Å². The highest BCUT2D eigenvalue weighted by Gasteiger charge is 2.27. The van der Waals surface area contributed by atoms with Gasteiger partial charge in [0.25, 0.3) is 0 Å². The summed E-state index contributed by atoms with van der Waals surface area (Å²) in [6.45, 7) is 2.42. The van der Waals surface area contributed by atoms with Gasteiger partial charge in [-0.05, 0) is 82.8 Å². The predicted octanol–water partition coefficient (Wildman–Crippen LogP) is 5.39. The van der Waals surface area contributed by atoms with E-state index in [1.807, 2.05) is 43.3 Å². The van der Waals surface area contributed by atoms with Crippen LogP contribution in [-0.2, 0) is 11.3 Å². The number of fused-ring (bicyclic) bond motifs is 1. The molecular weight excluding hydrogens is 446 g/mol. The van der Waals surface area contributed by atoms with Gasteiger partial charge in [0, 0.05) is 7.05 Å². The predicted molar refractivity (Wildman–Crippen MR) is 134 cm³/mol. The van der Waals surface area contributed by atoms with Crippen LogP contribution in [0.4, 0.5) is 0 Å². The van der Waals surface area contributed by atoms with Gasteiger partial charge in [-0.25, -0.2) is 0 Å². The van der Waals surface area contributed by atoms with Gasteiger partial charge in [-0.3, -0.25) is 4.79 Å². The highest BCUT2D eigenvalue weighted by Crippen LogP contribution is 2.46. The Hall–Kier alpha value is -4.13. The topological polar surface area (TPSA) is 81.4 Å². The van der Waals surface area contributed by atoms with Gasteiger partial charge in [0.2, 0.25) is 11.7 Å². The van der Waals surface area contributed by atoms with Crippen molar-refractivity contribution >= 4 is 23.1 Å². The maximum Gasteiger partial charge on any atom is 0.227 e. The number of furan rings is 1. The first kappa shape index (κ1) is 24.0. The molecule has 1 heterocycles. The van der Waals surface area contributed by atoms with Crippen LogP contribution in [-0.4, -0.2) is 44.3 Å². The number of benzene rings is 2. The van der Waals surface area contributed by atoms with Gasteiger partial charge in [0.05, 0.1) is 40.6 Å². The minimum absolute atomic E-state index is 0.0151. The average Bonchev–Trinajstić information content (AvgIpc) is 3.46. The summed E-state index contributed by atoms with van der Waals surface area (Å²) in [7, 11) is 6.39. The van der Waals surface area contributed by atoms with E-state index in [1.54, 1.807) is 37.5 Å². The Bertz CT molecular complexity index is 1280. The normalized spacial score (nSPS) is 13.7. The van der Waals surface area contributed by atoms with E-state index < -0.39 is 0 Å². The van der Waals surface area contributed by atoms with Gasteiger partial charge in [-0.1, -0.05) is 6.07 Å². The lowest BCUT2D eigenvalue weighted by Crippen LogP contribution is -2.26. The highest BCUT2D eigenvalue weighted by molar-refractivity contribution is 6.08. The molecule has 3 aromatic rings. The van der Waals surface area contributed by atoms with Gasteiger partial charge in [-0.2, -0.15) is 0 Å². The van der Waals surface area contributed by atoms with Crippen LogP contribution < -0.4 is 14.2 Å². The number of ether oxygens (including phenoxy) is 3. The summed E-state index contributed by atoms with van der Waals surface area (Å²) in [4.78, 5) is 14.8. The van der Waals surface area contributed by atoms with Crippen molar-refractivity contribution in [1.82, 2.24) is 4.90 Å². The number of carbonyl (C=O) groups excluding carboxylic acids is 1. The van der Waals surface area contributed by atoms with Crippen molar-refractivity contribution in [2.75, 3.05) is 28.4 Å². The minimum atomic E-state index is -0.0492. The van der Waals surface area contributed by atoms with Gasteiger partial charge in [0.1, 0.15) is 11.5 Å². The molecular formula is C28H29NO6. The molecule has 1 aliphatic carbocycles. The van der Waals surface area contributed by atoms with Gasteiger partial charge >= 0.3 is 0 Å². The number of carbonyl (C=O) groups is 1. The summed E-state index contributed by atoms with van der Waals surface area (Å²) in [6, 6.07) is 13.0. The third kappa shape index (κ3) is 4.75. The molecule has 0 radical (unpaired) electrons. The molecule has 182 valence electrons. The third-order valence-corrected chi connectivity index (χ3v) is 6.24. The molecule has 2 aromatic carbocycles. The minimum Gasteiger partial charge on any atom is -0.502 e. The highest BCUT2D eigenvalue weighted by atomic mass is 16.5. The van der Waals surface area contributed by atoms with Crippen LogP contribution in [0.5, 0.6) is 23.0 Å². The first-order chi connectivity index (χ1) is 16.9. The third-order valence-electron chi connectivity index (χ3n) is 6.24. The van der Waals surface area contributed by atoms with Gasteiger partial charge in [0.15, 0.2) is 11.5 Å². The Balaban J connectivity index is 1.74. The van der Waals surface area contributed by atoms with Crippen LogP contribution in [0.25, 0.3) is 17.2 Å². The molecule has 0 saturated carbocycles. The van der Waals surface area contributed by atoms with Crippen molar-refractivity contribution < 1.29 is 28.5 Å². The number of phenols is 1. The molecule has 1 amide bonds. The SMILES string of the molecule is COc1ccc2c(c1)C(CC(=O)N(C)Cc1ccco1)=C(C)/C2=C/c1cc(OC)c(O)c(OC)c1. The lowest BCUT2D eigenvalue weighted by molar-refractivity contribution is -0.129. The van der Waals surface area contributed by atoms with Crippen LogP contribution in [0.15, 0.2) is 58.7 Å². The first-order valence-corrected chi connectivity index (χ1v) is 11.2. The molecule has 35 heavy (non-hydrogen) atoms. The van der Waals surface area contributed by atoms with E-state index in [-0.39, 0.29) is 18.1 Å². The number of methoxy groups -OCH3 is 3. The van der Waals surface area contributed by atoms with E-state index >= 15 is 0 Å². The number of hydrogen-bond donors (Lipinski definition) is 1. The Kier molecular flexibility index (Phi) is 6.87.